The van der Waals surface area contributed by atoms with E-state index in [1.807, 2.05) is 0 Å². The number of hydrogen-bond acceptors (Lipinski definition) is 5. The molecule has 0 aliphatic carbocycles. The summed E-state index contributed by atoms with van der Waals surface area (Å²) in [5, 5.41) is 4.69. The molecule has 120 valence electrons. The molecule has 5 heteroatoms. The van der Waals surface area contributed by atoms with Crippen LogP contribution < -0.4 is 5.32 Å². The van der Waals surface area contributed by atoms with Crippen molar-refractivity contribution in [1.29, 1.82) is 0 Å². The van der Waals surface area contributed by atoms with Gasteiger partial charge in [-0.3, -0.25) is 0 Å². The van der Waals surface area contributed by atoms with Crippen LogP contribution in [0, 0.1) is 13.8 Å². The van der Waals surface area contributed by atoms with Crippen LogP contribution in [0.15, 0.2) is 36.7 Å². The molecule has 3 aromatic rings. The summed E-state index contributed by atoms with van der Waals surface area (Å²) in [6.07, 6.45) is 1.65. The fourth-order valence-corrected chi connectivity index (χ4v) is 3.78. The van der Waals surface area contributed by atoms with E-state index in [0.717, 1.165) is 22.6 Å². The largest absolute Gasteiger partial charge is 0.368 e. The average Bonchev–Trinajstić information content (AvgIpc) is 2.84. The second-order valence-electron chi connectivity index (χ2n) is 5.96. The third kappa shape index (κ3) is 3.21. The Morgan fingerprint density at radius 2 is 1.87 bits per heavy atom. The van der Waals surface area contributed by atoms with Crippen LogP contribution in [0.5, 0.6) is 0 Å². The number of thiophene rings is 1. The van der Waals surface area contributed by atoms with E-state index in [0.29, 0.717) is 6.04 Å². The molecule has 0 radical (unpaired) electrons. The summed E-state index contributed by atoms with van der Waals surface area (Å²) in [5.74, 6) is 0.930. The minimum Gasteiger partial charge on any atom is -0.368 e. The first-order chi connectivity index (χ1) is 11.1. The van der Waals surface area contributed by atoms with Gasteiger partial charge < -0.3 is 10.2 Å². The number of nitrogens with zero attached hydrogens (tertiary/aromatic N) is 3. The van der Waals surface area contributed by atoms with Crippen molar-refractivity contribution in [3.63, 3.8) is 0 Å². The third-order valence-electron chi connectivity index (χ3n) is 4.24. The van der Waals surface area contributed by atoms with Crippen molar-refractivity contribution in [2.45, 2.75) is 19.9 Å². The van der Waals surface area contributed by atoms with Crippen LogP contribution in [0.4, 0.5) is 5.82 Å². The number of aromatic nitrogens is 2. The maximum Gasteiger partial charge on any atom is 0.138 e. The highest BCUT2D eigenvalue weighted by Gasteiger charge is 2.16. The van der Waals surface area contributed by atoms with Crippen molar-refractivity contribution in [3.8, 4) is 0 Å². The Kier molecular flexibility index (Phi) is 4.59. The zero-order valence-electron chi connectivity index (χ0n) is 14.0. The van der Waals surface area contributed by atoms with Gasteiger partial charge in [0.1, 0.15) is 17.0 Å². The van der Waals surface area contributed by atoms with E-state index in [2.05, 4.69) is 78.5 Å². The molecule has 0 saturated carbocycles. The lowest BCUT2D eigenvalue weighted by molar-refractivity contribution is 0.311. The van der Waals surface area contributed by atoms with E-state index in [4.69, 9.17) is 0 Å². The van der Waals surface area contributed by atoms with Crippen molar-refractivity contribution in [2.75, 3.05) is 26.0 Å². The number of aryl methyl sites for hydroxylation is 2. The molecule has 0 fully saturated rings. The summed E-state index contributed by atoms with van der Waals surface area (Å²) in [6.45, 7) is 5.08. The van der Waals surface area contributed by atoms with Gasteiger partial charge in [-0.2, -0.15) is 0 Å². The number of rotatable bonds is 5. The molecule has 0 spiro atoms. The van der Waals surface area contributed by atoms with Gasteiger partial charge in [0.2, 0.25) is 0 Å². The molecule has 0 unspecified atom stereocenters. The van der Waals surface area contributed by atoms with E-state index in [9.17, 15) is 0 Å². The first-order valence-corrected chi connectivity index (χ1v) is 8.55. The Balaban J connectivity index is 1.87. The fourth-order valence-electron chi connectivity index (χ4n) is 2.78. The molecule has 3 rings (SSSR count). The summed E-state index contributed by atoms with van der Waals surface area (Å²) in [7, 11) is 4.21. The zero-order valence-corrected chi connectivity index (χ0v) is 14.8. The van der Waals surface area contributed by atoms with Crippen LogP contribution in [-0.4, -0.2) is 35.5 Å². The van der Waals surface area contributed by atoms with Crippen molar-refractivity contribution < 1.29 is 0 Å². The Morgan fingerprint density at radius 3 is 2.57 bits per heavy atom. The summed E-state index contributed by atoms with van der Waals surface area (Å²) < 4.78 is 0. The predicted octanol–water partition coefficient (Wildman–Crippen LogP) is 4.02. The Labute approximate surface area is 141 Å². The molecule has 0 amide bonds. The fraction of sp³-hybridized carbons (Fsp3) is 0.333. The van der Waals surface area contributed by atoms with Gasteiger partial charge in [0.25, 0.3) is 0 Å². The SMILES string of the molecule is Cc1sc2ncnc(NC[C@H](c3ccccc3)N(C)C)c2c1C. The van der Waals surface area contributed by atoms with E-state index in [1.165, 1.54) is 16.0 Å². The van der Waals surface area contributed by atoms with Crippen molar-refractivity contribution >= 4 is 27.4 Å². The minimum absolute atomic E-state index is 0.293. The standard InChI is InChI=1S/C18H22N4S/c1-12-13(2)23-18-16(12)17(20-11-21-18)19-10-15(22(3)4)14-8-6-5-7-9-14/h5-9,11,15H,10H2,1-4H3,(H,19,20,21)/t15-/m1/s1. The van der Waals surface area contributed by atoms with Crippen LogP contribution in [0.3, 0.4) is 0 Å². The molecule has 1 aromatic carbocycles. The number of likely N-dealkylation sites (N-methyl/N-ethyl adjacent to an activating group) is 1. The molecule has 2 aromatic heterocycles. The average molecular weight is 326 g/mol. The second kappa shape index (κ2) is 6.64. The minimum atomic E-state index is 0.293. The summed E-state index contributed by atoms with van der Waals surface area (Å²) in [5.41, 5.74) is 2.57. The molecular formula is C18H22N4S. The lowest BCUT2D eigenvalue weighted by Gasteiger charge is -2.25. The molecule has 23 heavy (non-hydrogen) atoms. The van der Waals surface area contributed by atoms with Gasteiger partial charge in [-0.15, -0.1) is 11.3 Å². The van der Waals surface area contributed by atoms with Gasteiger partial charge >= 0.3 is 0 Å². The lowest BCUT2D eigenvalue weighted by atomic mass is 10.1. The Morgan fingerprint density at radius 1 is 1.13 bits per heavy atom. The maximum atomic E-state index is 4.47. The van der Waals surface area contributed by atoms with Crippen LogP contribution in [0.2, 0.25) is 0 Å². The van der Waals surface area contributed by atoms with Crippen molar-refractivity contribution in [2.24, 2.45) is 0 Å². The van der Waals surface area contributed by atoms with Gasteiger partial charge in [0.05, 0.1) is 11.4 Å². The van der Waals surface area contributed by atoms with E-state index >= 15 is 0 Å². The van der Waals surface area contributed by atoms with Crippen LogP contribution in [0.25, 0.3) is 10.2 Å². The molecular weight excluding hydrogens is 304 g/mol. The molecule has 0 aliphatic rings. The molecule has 1 atom stereocenters. The Bertz CT molecular complexity index is 795. The van der Waals surface area contributed by atoms with Gasteiger partial charge in [-0.05, 0) is 39.1 Å². The van der Waals surface area contributed by atoms with Gasteiger partial charge in [0, 0.05) is 11.4 Å². The predicted molar refractivity (Wildman–Crippen MR) is 98.2 cm³/mol. The topological polar surface area (TPSA) is 41.1 Å². The van der Waals surface area contributed by atoms with Crippen molar-refractivity contribution in [3.05, 3.63) is 52.7 Å². The number of benzene rings is 1. The molecule has 4 nitrogen and oxygen atoms in total. The van der Waals surface area contributed by atoms with Gasteiger partial charge in [-0.1, -0.05) is 30.3 Å². The maximum absolute atomic E-state index is 4.47. The highest BCUT2D eigenvalue weighted by atomic mass is 32.1. The third-order valence-corrected chi connectivity index (χ3v) is 5.35. The summed E-state index contributed by atoms with van der Waals surface area (Å²) >= 11 is 1.73. The summed E-state index contributed by atoms with van der Waals surface area (Å²) in [6, 6.07) is 10.8. The zero-order chi connectivity index (χ0) is 16.4. The Hall–Kier alpha value is -1.98. The highest BCUT2D eigenvalue weighted by molar-refractivity contribution is 7.18. The molecule has 0 bridgehead atoms. The number of nitrogens with one attached hydrogen (secondary N) is 1. The normalized spacial score (nSPS) is 12.7. The van der Waals surface area contributed by atoms with E-state index < -0.39 is 0 Å². The monoisotopic (exact) mass is 326 g/mol. The highest BCUT2D eigenvalue weighted by Crippen LogP contribution is 2.32. The molecule has 2 heterocycles. The van der Waals surface area contributed by atoms with Gasteiger partial charge in [0.15, 0.2) is 0 Å². The molecule has 0 saturated heterocycles. The summed E-state index contributed by atoms with van der Waals surface area (Å²) in [4.78, 5) is 13.5. The van der Waals surface area contributed by atoms with Crippen LogP contribution in [0.1, 0.15) is 22.0 Å². The van der Waals surface area contributed by atoms with Crippen molar-refractivity contribution in [1.82, 2.24) is 14.9 Å². The number of anilines is 1. The van der Waals surface area contributed by atoms with E-state index in [1.54, 1.807) is 17.7 Å². The van der Waals surface area contributed by atoms with Crippen LogP contribution >= 0.6 is 11.3 Å². The number of fused-ring (bicyclic) bond motifs is 1. The molecule has 0 aliphatic heterocycles. The van der Waals surface area contributed by atoms with E-state index in [-0.39, 0.29) is 0 Å². The first-order valence-electron chi connectivity index (χ1n) is 7.74. The number of hydrogen-bond donors (Lipinski definition) is 1. The molecule has 1 N–H and O–H groups in total. The van der Waals surface area contributed by atoms with Crippen LogP contribution in [-0.2, 0) is 0 Å². The lowest BCUT2D eigenvalue weighted by Crippen LogP contribution is -2.27. The second-order valence-corrected chi connectivity index (χ2v) is 7.16. The smallest absolute Gasteiger partial charge is 0.138 e. The van der Waals surface area contributed by atoms with Gasteiger partial charge in [-0.25, -0.2) is 9.97 Å². The first kappa shape index (κ1) is 15.9. The quantitative estimate of drug-likeness (QED) is 0.769.